The maximum atomic E-state index is 12.3. The van der Waals surface area contributed by atoms with Gasteiger partial charge in [-0.2, -0.15) is 0 Å². The number of carbonyl (C=O) groups is 2. The van der Waals surface area contributed by atoms with Gasteiger partial charge in [0, 0.05) is 19.7 Å². The van der Waals surface area contributed by atoms with Crippen molar-refractivity contribution in [2.45, 2.75) is 38.2 Å². The predicted octanol–water partition coefficient (Wildman–Crippen LogP) is 2.04. The maximum Gasteiger partial charge on any atom is 0.357 e. The highest BCUT2D eigenvalue weighted by atomic mass is 16.6. The average molecular weight is 318 g/mol. The number of esters is 1. The fraction of sp³-hybridized carbons (Fsp3) is 0.588. The van der Waals surface area contributed by atoms with Gasteiger partial charge in [0.25, 0.3) is 5.91 Å². The molecule has 3 heterocycles. The van der Waals surface area contributed by atoms with Crippen LogP contribution in [0.15, 0.2) is 18.2 Å². The van der Waals surface area contributed by atoms with Crippen LogP contribution in [0.4, 0.5) is 0 Å². The van der Waals surface area contributed by atoms with Gasteiger partial charge in [0.1, 0.15) is 18.0 Å². The number of carbonyl (C=O) groups excluding carboxylic acids is 2. The second kappa shape index (κ2) is 7.55. The van der Waals surface area contributed by atoms with Crippen molar-refractivity contribution in [2.24, 2.45) is 0 Å². The summed E-state index contributed by atoms with van der Waals surface area (Å²) in [6.07, 6.45) is 5.09. The molecule has 2 aliphatic rings. The Morgan fingerprint density at radius 1 is 1.17 bits per heavy atom. The topological polar surface area (TPSA) is 68.7 Å². The highest BCUT2D eigenvalue weighted by molar-refractivity contribution is 5.94. The van der Waals surface area contributed by atoms with Gasteiger partial charge >= 0.3 is 5.97 Å². The van der Waals surface area contributed by atoms with Crippen LogP contribution in [0.5, 0.6) is 0 Å². The first-order chi connectivity index (χ1) is 11.2. The molecule has 124 valence electrons. The third-order valence-corrected chi connectivity index (χ3v) is 4.24. The van der Waals surface area contributed by atoms with Gasteiger partial charge in [0.05, 0.1) is 6.10 Å². The summed E-state index contributed by atoms with van der Waals surface area (Å²) in [7, 11) is 0. The second-order valence-corrected chi connectivity index (χ2v) is 5.99. The van der Waals surface area contributed by atoms with Crippen LogP contribution < -0.4 is 0 Å². The van der Waals surface area contributed by atoms with E-state index >= 15 is 0 Å². The van der Waals surface area contributed by atoms with Crippen LogP contribution in [0, 0.1) is 0 Å². The predicted molar refractivity (Wildman–Crippen MR) is 83.2 cm³/mol. The molecule has 6 heteroatoms. The molecule has 1 aromatic heterocycles. The summed E-state index contributed by atoms with van der Waals surface area (Å²) in [5, 5.41) is 0. The molecule has 3 rings (SSSR count). The van der Waals surface area contributed by atoms with E-state index in [0.717, 1.165) is 51.8 Å². The number of amides is 1. The lowest BCUT2D eigenvalue weighted by atomic mass is 10.1. The zero-order chi connectivity index (χ0) is 16.1. The summed E-state index contributed by atoms with van der Waals surface area (Å²) in [5.74, 6) is -0.622. The molecule has 1 aromatic rings. The minimum atomic E-state index is -0.504. The van der Waals surface area contributed by atoms with Crippen LogP contribution in [0.2, 0.25) is 0 Å². The maximum absolute atomic E-state index is 12.3. The lowest BCUT2D eigenvalue weighted by Gasteiger charge is -2.22. The van der Waals surface area contributed by atoms with Gasteiger partial charge in [-0.15, -0.1) is 0 Å². The first-order valence-electron chi connectivity index (χ1n) is 8.29. The summed E-state index contributed by atoms with van der Waals surface area (Å²) in [6.45, 7) is 2.48. The summed E-state index contributed by atoms with van der Waals surface area (Å²) in [6, 6.07) is 4.89. The van der Waals surface area contributed by atoms with Gasteiger partial charge in [-0.3, -0.25) is 4.79 Å². The number of rotatable bonds is 4. The van der Waals surface area contributed by atoms with E-state index in [1.54, 1.807) is 23.1 Å². The third kappa shape index (κ3) is 4.07. The number of nitrogens with zero attached hydrogens (tertiary/aromatic N) is 2. The molecular weight excluding hydrogens is 296 g/mol. The Balaban J connectivity index is 1.59. The molecule has 23 heavy (non-hydrogen) atoms. The van der Waals surface area contributed by atoms with E-state index in [9.17, 15) is 9.59 Å². The molecule has 0 spiro atoms. The van der Waals surface area contributed by atoms with Crippen LogP contribution in [0.3, 0.4) is 0 Å². The SMILES string of the molecule is O=C(OCC1CCCCO1)c1cccc(C(=O)N2CCCC2)n1. The van der Waals surface area contributed by atoms with Gasteiger partial charge in [0.2, 0.25) is 0 Å². The molecule has 1 amide bonds. The summed E-state index contributed by atoms with van der Waals surface area (Å²) < 4.78 is 10.8. The van der Waals surface area contributed by atoms with Crippen molar-refractivity contribution in [3.05, 3.63) is 29.6 Å². The minimum Gasteiger partial charge on any atom is -0.458 e. The molecule has 6 nitrogen and oxygen atoms in total. The second-order valence-electron chi connectivity index (χ2n) is 5.99. The van der Waals surface area contributed by atoms with E-state index in [2.05, 4.69) is 4.98 Å². The standard InChI is InChI=1S/C17H22N2O4/c20-16(19-9-2-3-10-19)14-7-5-8-15(18-14)17(21)23-12-13-6-1-4-11-22-13/h5,7-8,13H,1-4,6,9-12H2. The molecular formula is C17H22N2O4. The molecule has 1 unspecified atom stereocenters. The monoisotopic (exact) mass is 318 g/mol. The number of ether oxygens (including phenoxy) is 2. The molecule has 0 aromatic carbocycles. The number of pyridine rings is 1. The van der Waals surface area contributed by atoms with Crippen LogP contribution in [-0.4, -0.2) is 54.2 Å². The molecule has 0 aliphatic carbocycles. The lowest BCUT2D eigenvalue weighted by Crippen LogP contribution is -2.29. The quantitative estimate of drug-likeness (QED) is 0.795. The molecule has 0 bridgehead atoms. The van der Waals surface area contributed by atoms with Gasteiger partial charge < -0.3 is 14.4 Å². The van der Waals surface area contributed by atoms with Crippen LogP contribution >= 0.6 is 0 Å². The molecule has 0 radical (unpaired) electrons. The zero-order valence-corrected chi connectivity index (χ0v) is 13.2. The van der Waals surface area contributed by atoms with Gasteiger partial charge in [0.15, 0.2) is 0 Å². The van der Waals surface area contributed by atoms with Crippen molar-refractivity contribution < 1.29 is 19.1 Å². The van der Waals surface area contributed by atoms with Crippen molar-refractivity contribution in [3.63, 3.8) is 0 Å². The highest BCUT2D eigenvalue weighted by Crippen LogP contribution is 2.14. The van der Waals surface area contributed by atoms with Gasteiger partial charge in [-0.1, -0.05) is 6.07 Å². The first kappa shape index (κ1) is 15.9. The average Bonchev–Trinajstić information content (AvgIpc) is 3.14. The molecule has 0 saturated carbocycles. The van der Waals surface area contributed by atoms with E-state index < -0.39 is 5.97 Å². The van der Waals surface area contributed by atoms with E-state index in [4.69, 9.17) is 9.47 Å². The Labute approximate surface area is 135 Å². The first-order valence-corrected chi connectivity index (χ1v) is 8.29. The van der Waals surface area contributed by atoms with Crippen molar-refractivity contribution in [1.82, 2.24) is 9.88 Å². The van der Waals surface area contributed by atoms with Gasteiger partial charge in [-0.25, -0.2) is 9.78 Å². The van der Waals surface area contributed by atoms with E-state index in [0.29, 0.717) is 5.69 Å². The van der Waals surface area contributed by atoms with Crippen LogP contribution in [0.25, 0.3) is 0 Å². The van der Waals surface area contributed by atoms with E-state index in [1.165, 1.54) is 0 Å². The largest absolute Gasteiger partial charge is 0.458 e. The fourth-order valence-electron chi connectivity index (χ4n) is 2.93. The van der Waals surface area contributed by atoms with Crippen molar-refractivity contribution in [3.8, 4) is 0 Å². The lowest BCUT2D eigenvalue weighted by molar-refractivity contribution is -0.0302. The normalized spacial score (nSPS) is 21.2. The fourth-order valence-corrected chi connectivity index (χ4v) is 2.93. The Hall–Kier alpha value is -1.95. The van der Waals surface area contributed by atoms with Crippen LogP contribution in [-0.2, 0) is 9.47 Å². The Kier molecular flexibility index (Phi) is 5.23. The Morgan fingerprint density at radius 2 is 1.96 bits per heavy atom. The smallest absolute Gasteiger partial charge is 0.357 e. The highest BCUT2D eigenvalue weighted by Gasteiger charge is 2.22. The summed E-state index contributed by atoms with van der Waals surface area (Å²) in [4.78, 5) is 30.4. The van der Waals surface area contributed by atoms with Crippen molar-refractivity contribution >= 4 is 11.9 Å². The van der Waals surface area contributed by atoms with Crippen molar-refractivity contribution in [2.75, 3.05) is 26.3 Å². The molecule has 2 fully saturated rings. The Morgan fingerprint density at radius 3 is 2.70 bits per heavy atom. The number of aromatic nitrogens is 1. The molecule has 1 atom stereocenters. The van der Waals surface area contributed by atoms with E-state index in [-0.39, 0.29) is 24.3 Å². The Bertz CT molecular complexity index is 563. The van der Waals surface area contributed by atoms with E-state index in [1.807, 2.05) is 0 Å². The van der Waals surface area contributed by atoms with Gasteiger partial charge in [-0.05, 0) is 44.2 Å². The number of hydrogen-bond acceptors (Lipinski definition) is 5. The number of hydrogen-bond donors (Lipinski definition) is 0. The minimum absolute atomic E-state index is 0.0258. The van der Waals surface area contributed by atoms with Crippen LogP contribution in [0.1, 0.15) is 53.1 Å². The number of likely N-dealkylation sites (tertiary alicyclic amines) is 1. The molecule has 2 aliphatic heterocycles. The summed E-state index contributed by atoms with van der Waals surface area (Å²) >= 11 is 0. The third-order valence-electron chi connectivity index (χ3n) is 4.24. The van der Waals surface area contributed by atoms with Crippen molar-refractivity contribution in [1.29, 1.82) is 0 Å². The molecule has 0 N–H and O–H groups in total. The molecule has 2 saturated heterocycles. The zero-order valence-electron chi connectivity index (χ0n) is 13.2. The summed E-state index contributed by atoms with van der Waals surface area (Å²) in [5.41, 5.74) is 0.473.